The van der Waals surface area contributed by atoms with Gasteiger partial charge in [0, 0.05) is 19.1 Å². The average Bonchev–Trinajstić information content (AvgIpc) is 3.25. The van der Waals surface area contributed by atoms with E-state index in [1.54, 1.807) is 0 Å². The molecule has 1 aromatic carbocycles. The second-order valence-corrected chi connectivity index (χ2v) is 9.60. The van der Waals surface area contributed by atoms with E-state index in [0.29, 0.717) is 6.04 Å². The molecule has 1 aliphatic carbocycles. The summed E-state index contributed by atoms with van der Waals surface area (Å²) in [6.07, 6.45) is 6.43. The largest absolute Gasteiger partial charge is 0.444 e. The van der Waals surface area contributed by atoms with Gasteiger partial charge in [-0.25, -0.2) is 4.79 Å². The molecule has 1 aliphatic heterocycles. The van der Waals surface area contributed by atoms with Crippen molar-refractivity contribution in [1.29, 1.82) is 0 Å². The Labute approximate surface area is 180 Å². The second-order valence-electron chi connectivity index (χ2n) is 9.60. The van der Waals surface area contributed by atoms with E-state index in [1.807, 2.05) is 63.1 Å². The van der Waals surface area contributed by atoms with Gasteiger partial charge in [-0.15, -0.1) is 0 Å². The molecule has 166 valence electrons. The number of hydrogen-bond acceptors (Lipinski definition) is 4. The summed E-state index contributed by atoms with van der Waals surface area (Å²) in [5.74, 6) is -0.0804. The molecule has 0 spiro atoms. The van der Waals surface area contributed by atoms with Gasteiger partial charge in [0.1, 0.15) is 11.6 Å². The molecular weight excluding hydrogens is 378 g/mol. The highest BCUT2D eigenvalue weighted by molar-refractivity contribution is 5.87. The van der Waals surface area contributed by atoms with Crippen LogP contribution in [0.5, 0.6) is 0 Å². The van der Waals surface area contributed by atoms with Crippen molar-refractivity contribution in [3.63, 3.8) is 0 Å². The van der Waals surface area contributed by atoms with Crippen LogP contribution in [0.4, 0.5) is 4.79 Å². The highest BCUT2D eigenvalue weighted by atomic mass is 16.6. The summed E-state index contributed by atoms with van der Waals surface area (Å²) in [6, 6.07) is 9.28. The lowest BCUT2D eigenvalue weighted by Gasteiger charge is -2.43. The van der Waals surface area contributed by atoms with Crippen molar-refractivity contribution in [3.8, 4) is 0 Å². The molecule has 1 saturated carbocycles. The molecule has 30 heavy (non-hydrogen) atoms. The zero-order chi connectivity index (χ0) is 21.7. The van der Waals surface area contributed by atoms with E-state index in [-0.39, 0.29) is 11.9 Å². The maximum absolute atomic E-state index is 13.6. The molecule has 1 saturated heterocycles. The van der Waals surface area contributed by atoms with Gasteiger partial charge in [0.15, 0.2) is 0 Å². The van der Waals surface area contributed by atoms with E-state index in [0.717, 1.165) is 37.9 Å². The first-order valence-corrected chi connectivity index (χ1v) is 11.3. The van der Waals surface area contributed by atoms with E-state index in [2.05, 4.69) is 10.2 Å². The molecule has 2 aliphatic rings. The number of hydrogen-bond donors (Lipinski definition) is 1. The molecule has 0 unspecified atom stereocenters. The Morgan fingerprint density at radius 3 is 2.33 bits per heavy atom. The topological polar surface area (TPSA) is 61.9 Å². The lowest BCUT2D eigenvalue weighted by Crippen LogP contribution is -2.55. The molecule has 1 N–H and O–H groups in total. The van der Waals surface area contributed by atoms with Crippen LogP contribution in [0.2, 0.25) is 0 Å². The van der Waals surface area contributed by atoms with E-state index >= 15 is 0 Å². The summed E-state index contributed by atoms with van der Waals surface area (Å²) < 4.78 is 5.44. The molecule has 0 aromatic heterocycles. The molecule has 0 radical (unpaired) electrons. The van der Waals surface area contributed by atoms with Crippen LogP contribution in [0.25, 0.3) is 0 Å². The Morgan fingerprint density at radius 2 is 1.70 bits per heavy atom. The van der Waals surface area contributed by atoms with E-state index in [1.165, 1.54) is 19.3 Å². The van der Waals surface area contributed by atoms with Gasteiger partial charge in [-0.1, -0.05) is 43.2 Å². The number of rotatable bonds is 5. The van der Waals surface area contributed by atoms with Crippen LogP contribution in [-0.4, -0.2) is 59.6 Å². The molecule has 6 heteroatoms. The zero-order valence-corrected chi connectivity index (χ0v) is 18.9. The fourth-order valence-corrected chi connectivity index (χ4v) is 4.77. The number of carbonyl (C=O) groups excluding carboxylic acids is 2. The van der Waals surface area contributed by atoms with Crippen LogP contribution in [0.3, 0.4) is 0 Å². The van der Waals surface area contributed by atoms with Gasteiger partial charge >= 0.3 is 6.09 Å². The van der Waals surface area contributed by atoms with Gasteiger partial charge in [-0.05, 0) is 65.1 Å². The fourth-order valence-electron chi connectivity index (χ4n) is 4.77. The highest BCUT2D eigenvalue weighted by Crippen LogP contribution is 2.30. The lowest BCUT2D eigenvalue weighted by atomic mass is 9.87. The Bertz CT molecular complexity index is 710. The molecule has 6 nitrogen and oxygen atoms in total. The molecule has 0 bridgehead atoms. The van der Waals surface area contributed by atoms with Gasteiger partial charge < -0.3 is 15.0 Å². The molecule has 1 aromatic rings. The van der Waals surface area contributed by atoms with Crippen LogP contribution >= 0.6 is 0 Å². The Morgan fingerprint density at radius 1 is 1.07 bits per heavy atom. The summed E-state index contributed by atoms with van der Waals surface area (Å²) >= 11 is 0. The van der Waals surface area contributed by atoms with Crippen LogP contribution < -0.4 is 5.32 Å². The number of carbonyl (C=O) groups is 2. The number of nitrogens with zero attached hydrogens (tertiary/aromatic N) is 2. The zero-order valence-electron chi connectivity index (χ0n) is 18.9. The number of amides is 2. The summed E-state index contributed by atoms with van der Waals surface area (Å²) in [7, 11) is 1.90. The van der Waals surface area contributed by atoms with Gasteiger partial charge in [0.05, 0.1) is 0 Å². The second kappa shape index (κ2) is 9.82. The predicted octanol–water partition coefficient (Wildman–Crippen LogP) is 4.12. The van der Waals surface area contributed by atoms with E-state index < -0.39 is 17.7 Å². The third-order valence-corrected chi connectivity index (χ3v) is 6.19. The third-order valence-electron chi connectivity index (χ3n) is 6.19. The van der Waals surface area contributed by atoms with Crippen LogP contribution in [0.15, 0.2) is 30.3 Å². The third kappa shape index (κ3) is 5.75. The minimum absolute atomic E-state index is 0.0804. The number of nitrogens with one attached hydrogen (secondary N) is 1. The van der Waals surface area contributed by atoms with E-state index in [9.17, 15) is 9.59 Å². The van der Waals surface area contributed by atoms with Gasteiger partial charge in [0.2, 0.25) is 5.91 Å². The van der Waals surface area contributed by atoms with Gasteiger partial charge in [-0.3, -0.25) is 9.69 Å². The Balaban J connectivity index is 1.79. The molecule has 2 fully saturated rings. The predicted molar refractivity (Wildman–Crippen MR) is 118 cm³/mol. The number of ether oxygens (including phenoxy) is 1. The summed E-state index contributed by atoms with van der Waals surface area (Å²) in [4.78, 5) is 30.6. The number of alkyl carbamates (subject to hydrolysis) is 1. The average molecular weight is 416 g/mol. The van der Waals surface area contributed by atoms with E-state index in [4.69, 9.17) is 4.74 Å². The fraction of sp³-hybridized carbons (Fsp3) is 0.667. The summed E-state index contributed by atoms with van der Waals surface area (Å²) in [5.41, 5.74) is 0.151. The SMILES string of the molecule is CN(C(=O)[C@@H](NC(=O)OC(C)(C)C)c1ccccc1)[C@@H]1CCCC[C@H]1N1CCCC1. The summed E-state index contributed by atoms with van der Waals surface area (Å²) in [5, 5.41) is 2.83. The van der Waals surface area contributed by atoms with Crippen molar-refractivity contribution in [1.82, 2.24) is 15.1 Å². The maximum Gasteiger partial charge on any atom is 0.408 e. The van der Waals surface area contributed by atoms with Crippen molar-refractivity contribution in [2.45, 2.75) is 83.0 Å². The van der Waals surface area contributed by atoms with Gasteiger partial charge in [-0.2, -0.15) is 0 Å². The normalized spacial score (nSPS) is 23.6. The molecule has 3 rings (SSSR count). The Kier molecular flexibility index (Phi) is 7.40. The van der Waals surface area contributed by atoms with Crippen LogP contribution in [0, 0.1) is 0 Å². The molecular formula is C24H37N3O3. The minimum atomic E-state index is -0.757. The summed E-state index contributed by atoms with van der Waals surface area (Å²) in [6.45, 7) is 7.71. The van der Waals surface area contributed by atoms with Crippen LogP contribution in [-0.2, 0) is 9.53 Å². The molecule has 2 amide bonds. The van der Waals surface area contributed by atoms with Crippen molar-refractivity contribution in [2.75, 3.05) is 20.1 Å². The first-order chi connectivity index (χ1) is 14.3. The van der Waals surface area contributed by atoms with Crippen molar-refractivity contribution in [2.24, 2.45) is 0 Å². The quantitative estimate of drug-likeness (QED) is 0.786. The van der Waals surface area contributed by atoms with Crippen molar-refractivity contribution >= 4 is 12.0 Å². The van der Waals surface area contributed by atoms with Crippen molar-refractivity contribution < 1.29 is 14.3 Å². The maximum atomic E-state index is 13.6. The highest BCUT2D eigenvalue weighted by Gasteiger charge is 2.38. The minimum Gasteiger partial charge on any atom is -0.444 e. The van der Waals surface area contributed by atoms with Crippen LogP contribution in [0.1, 0.15) is 70.9 Å². The first-order valence-electron chi connectivity index (χ1n) is 11.3. The Hall–Kier alpha value is -2.08. The molecule has 1 heterocycles. The van der Waals surface area contributed by atoms with Gasteiger partial charge in [0.25, 0.3) is 0 Å². The van der Waals surface area contributed by atoms with Crippen molar-refractivity contribution in [3.05, 3.63) is 35.9 Å². The molecule has 3 atom stereocenters. The number of likely N-dealkylation sites (tertiary alicyclic amines) is 1. The standard InChI is InChI=1S/C24H37N3O3/c1-24(2,3)30-23(29)25-21(18-12-6-5-7-13-18)22(28)26(4)19-14-8-9-15-20(19)27-16-10-11-17-27/h5-7,12-13,19-21H,8-11,14-17H2,1-4H3,(H,25,29)/t19-,20-,21+/m1/s1. The number of likely N-dealkylation sites (N-methyl/N-ethyl adjacent to an activating group) is 1. The number of benzene rings is 1. The lowest BCUT2D eigenvalue weighted by molar-refractivity contribution is -0.136. The first kappa shape index (κ1) is 22.6. The smallest absolute Gasteiger partial charge is 0.408 e. The monoisotopic (exact) mass is 415 g/mol.